The lowest BCUT2D eigenvalue weighted by molar-refractivity contribution is -0.142. The van der Waals surface area contributed by atoms with Gasteiger partial charge in [-0.05, 0) is 5.92 Å². The third-order valence-corrected chi connectivity index (χ3v) is 3.18. The van der Waals surface area contributed by atoms with E-state index in [0.717, 1.165) is 0 Å². The Morgan fingerprint density at radius 2 is 2.00 bits per heavy atom. The number of rotatable bonds is 6. The molecule has 0 heterocycles. The van der Waals surface area contributed by atoms with Crippen LogP contribution in [0.1, 0.15) is 20.3 Å². The van der Waals surface area contributed by atoms with Crippen LogP contribution in [0, 0.1) is 5.92 Å². The van der Waals surface area contributed by atoms with Crippen molar-refractivity contribution >= 4 is 17.3 Å². The van der Waals surface area contributed by atoms with Crippen LogP contribution in [0.15, 0.2) is 9.59 Å². The number of nitrogens with zero attached hydrogens (tertiary/aromatic N) is 1. The van der Waals surface area contributed by atoms with Crippen LogP contribution in [0.3, 0.4) is 0 Å². The summed E-state index contributed by atoms with van der Waals surface area (Å²) in [4.78, 5) is 34.5. The van der Waals surface area contributed by atoms with Gasteiger partial charge < -0.3 is 10.1 Å². The number of hydrogen-bond donors (Lipinski definition) is 2. The van der Waals surface area contributed by atoms with Gasteiger partial charge in [-0.25, -0.2) is 4.79 Å². The molecule has 0 aromatic heterocycles. The first-order valence-corrected chi connectivity index (χ1v) is 5.95. The average molecular weight is 270 g/mol. The molecule has 19 heavy (non-hydrogen) atoms. The molecule has 0 aliphatic carbocycles. The van der Waals surface area contributed by atoms with Crippen molar-refractivity contribution in [2.45, 2.75) is 26.3 Å². The highest BCUT2D eigenvalue weighted by Gasteiger charge is 2.31. The van der Waals surface area contributed by atoms with Gasteiger partial charge in [0.15, 0.2) is 0 Å². The zero-order chi connectivity index (χ0) is 14.7. The Morgan fingerprint density at radius 1 is 1.42 bits per heavy atom. The Bertz CT molecular complexity index is 530. The van der Waals surface area contributed by atoms with Crippen LogP contribution in [-0.2, 0) is 9.53 Å². The van der Waals surface area contributed by atoms with Gasteiger partial charge in [0.25, 0.3) is 10.9 Å². The minimum Gasteiger partial charge on any atom is -0.467 e. The minimum absolute atomic E-state index is 0.0503. The molecule has 1 aromatic carbocycles. The van der Waals surface area contributed by atoms with Gasteiger partial charge in [0.2, 0.25) is 0 Å². The highest BCUT2D eigenvalue weighted by Crippen LogP contribution is 2.21. The SMILES string of the molecule is CC[C@H](C)[C@H](Nc1c(N(C)O)c(=O)c1=O)C(=O)OC. The maximum absolute atomic E-state index is 11.7. The largest absolute Gasteiger partial charge is 0.467 e. The number of methoxy groups -OCH3 is 1. The molecule has 2 N–H and O–H groups in total. The lowest BCUT2D eigenvalue weighted by Gasteiger charge is -2.25. The Morgan fingerprint density at radius 3 is 2.42 bits per heavy atom. The maximum atomic E-state index is 11.7. The van der Waals surface area contributed by atoms with Gasteiger partial charge in [-0.2, -0.15) is 0 Å². The summed E-state index contributed by atoms with van der Waals surface area (Å²) in [6.07, 6.45) is 0.687. The first-order chi connectivity index (χ1) is 8.84. The second kappa shape index (κ2) is 5.83. The van der Waals surface area contributed by atoms with E-state index in [1.807, 2.05) is 13.8 Å². The lowest BCUT2D eigenvalue weighted by atomic mass is 9.98. The number of esters is 1. The number of carbonyl (C=O) groups excluding carboxylic acids is 1. The van der Waals surface area contributed by atoms with E-state index >= 15 is 0 Å². The molecule has 0 saturated heterocycles. The van der Waals surface area contributed by atoms with E-state index in [1.165, 1.54) is 14.2 Å². The average Bonchev–Trinajstić information content (AvgIpc) is 2.40. The van der Waals surface area contributed by atoms with Crippen LogP contribution in [-0.4, -0.2) is 31.4 Å². The Labute approximate surface area is 110 Å². The molecule has 0 saturated carbocycles. The molecule has 7 heteroatoms. The summed E-state index contributed by atoms with van der Waals surface area (Å²) in [7, 11) is 2.48. The number of carbonyl (C=O) groups is 1. The third kappa shape index (κ3) is 2.76. The van der Waals surface area contributed by atoms with Crippen LogP contribution in [0.4, 0.5) is 11.4 Å². The van der Waals surface area contributed by atoms with Crippen LogP contribution in [0.2, 0.25) is 0 Å². The lowest BCUT2D eigenvalue weighted by Crippen LogP contribution is -2.45. The van der Waals surface area contributed by atoms with Crippen LogP contribution in [0.5, 0.6) is 0 Å². The van der Waals surface area contributed by atoms with Crippen LogP contribution in [0.25, 0.3) is 0 Å². The molecule has 0 unspecified atom stereocenters. The van der Waals surface area contributed by atoms with Crippen molar-refractivity contribution in [1.82, 2.24) is 0 Å². The predicted octanol–water partition coefficient (Wildman–Crippen LogP) is 0.108. The molecule has 0 radical (unpaired) electrons. The summed E-state index contributed by atoms with van der Waals surface area (Å²) in [6, 6.07) is -0.739. The first kappa shape index (κ1) is 15.2. The number of nitrogens with one attached hydrogen (secondary N) is 1. The van der Waals surface area contributed by atoms with E-state index < -0.39 is 22.9 Å². The van der Waals surface area contributed by atoms with Gasteiger partial charge >= 0.3 is 5.97 Å². The quantitative estimate of drug-likeness (QED) is 0.430. The molecule has 1 aromatic rings. The number of anilines is 2. The number of hydroxylamine groups is 1. The van der Waals surface area contributed by atoms with Crippen LogP contribution >= 0.6 is 0 Å². The number of ether oxygens (including phenoxy) is 1. The van der Waals surface area contributed by atoms with Gasteiger partial charge in [-0.15, -0.1) is 0 Å². The molecular weight excluding hydrogens is 252 g/mol. The van der Waals surface area contributed by atoms with Gasteiger partial charge in [0.1, 0.15) is 17.4 Å². The van der Waals surface area contributed by atoms with Crippen molar-refractivity contribution in [2.24, 2.45) is 5.92 Å². The monoisotopic (exact) mass is 270 g/mol. The fourth-order valence-electron chi connectivity index (χ4n) is 1.77. The first-order valence-electron chi connectivity index (χ1n) is 5.95. The van der Waals surface area contributed by atoms with E-state index in [-0.39, 0.29) is 17.3 Å². The summed E-state index contributed by atoms with van der Waals surface area (Å²) in [5.41, 5.74) is -1.71. The zero-order valence-corrected chi connectivity index (χ0v) is 11.4. The highest BCUT2D eigenvalue weighted by molar-refractivity contribution is 5.83. The summed E-state index contributed by atoms with van der Waals surface area (Å²) in [5, 5.41) is 12.5. The van der Waals surface area contributed by atoms with E-state index in [9.17, 15) is 19.6 Å². The molecule has 0 bridgehead atoms. The zero-order valence-electron chi connectivity index (χ0n) is 11.4. The molecular formula is C12H18N2O5. The summed E-state index contributed by atoms with van der Waals surface area (Å²) in [6.45, 7) is 3.71. The smallest absolute Gasteiger partial charge is 0.328 e. The molecule has 2 atom stereocenters. The predicted molar refractivity (Wildman–Crippen MR) is 70.4 cm³/mol. The summed E-state index contributed by atoms with van der Waals surface area (Å²) >= 11 is 0. The second-order valence-corrected chi connectivity index (χ2v) is 4.44. The molecule has 106 valence electrons. The summed E-state index contributed by atoms with van der Waals surface area (Å²) in [5.74, 6) is -0.609. The topological polar surface area (TPSA) is 95.9 Å². The highest BCUT2D eigenvalue weighted by atomic mass is 16.5. The second-order valence-electron chi connectivity index (χ2n) is 4.44. The standard InChI is InChI=1S/C12H18N2O5/c1-5-6(2)7(12(17)19-4)13-8-9(14(3)18)11(16)10(8)15/h6-7,13,18H,5H2,1-4H3/t6-,7-/m0/s1. The van der Waals surface area contributed by atoms with Gasteiger partial charge in [0, 0.05) is 7.05 Å². The molecule has 0 amide bonds. The van der Waals surface area contributed by atoms with E-state index in [1.54, 1.807) is 0 Å². The molecule has 1 rings (SSSR count). The van der Waals surface area contributed by atoms with Crippen molar-refractivity contribution < 1.29 is 14.7 Å². The molecule has 0 aliphatic rings. The van der Waals surface area contributed by atoms with E-state index in [2.05, 4.69) is 10.1 Å². The van der Waals surface area contributed by atoms with Crippen LogP contribution < -0.4 is 21.2 Å². The van der Waals surface area contributed by atoms with Crippen molar-refractivity contribution in [3.63, 3.8) is 0 Å². The Balaban J connectivity index is 3.05. The van der Waals surface area contributed by atoms with Gasteiger partial charge in [-0.3, -0.25) is 19.9 Å². The summed E-state index contributed by atoms with van der Waals surface area (Å²) < 4.78 is 4.67. The normalized spacial score (nSPS) is 13.9. The minimum atomic E-state index is -0.778. The fourth-order valence-corrected chi connectivity index (χ4v) is 1.77. The van der Waals surface area contributed by atoms with Crippen molar-refractivity contribution in [2.75, 3.05) is 24.5 Å². The fraction of sp³-hybridized carbons (Fsp3) is 0.583. The molecule has 0 aliphatic heterocycles. The molecule has 0 fully saturated rings. The van der Waals surface area contributed by atoms with Crippen molar-refractivity contribution in [3.8, 4) is 0 Å². The van der Waals surface area contributed by atoms with Gasteiger partial charge in [0.05, 0.1) is 7.11 Å². The molecule has 0 spiro atoms. The Kier molecular flexibility index (Phi) is 4.66. The third-order valence-electron chi connectivity index (χ3n) is 3.18. The van der Waals surface area contributed by atoms with Crippen molar-refractivity contribution in [1.29, 1.82) is 0 Å². The number of hydrogen-bond acceptors (Lipinski definition) is 7. The molecule has 7 nitrogen and oxygen atoms in total. The van der Waals surface area contributed by atoms with Gasteiger partial charge in [-0.1, -0.05) is 20.3 Å². The van der Waals surface area contributed by atoms with E-state index in [0.29, 0.717) is 11.5 Å². The Hall–Kier alpha value is -1.89. The van der Waals surface area contributed by atoms with Crippen molar-refractivity contribution in [3.05, 3.63) is 20.4 Å². The van der Waals surface area contributed by atoms with E-state index in [4.69, 9.17) is 0 Å². The maximum Gasteiger partial charge on any atom is 0.328 e.